The Balaban J connectivity index is 2.04. The predicted molar refractivity (Wildman–Crippen MR) is 92.0 cm³/mol. The van der Waals surface area contributed by atoms with Gasteiger partial charge in [-0.1, -0.05) is 23.7 Å². The van der Waals surface area contributed by atoms with Crippen LogP contribution in [0.2, 0.25) is 5.02 Å². The van der Waals surface area contributed by atoms with Gasteiger partial charge in [-0.3, -0.25) is 4.99 Å². The van der Waals surface area contributed by atoms with Gasteiger partial charge in [0.2, 0.25) is 10.0 Å². The molecule has 0 bridgehead atoms. The van der Waals surface area contributed by atoms with Gasteiger partial charge in [0.05, 0.1) is 18.6 Å². The Kier molecular flexibility index (Phi) is 4.58. The number of carbonyl (C=O) groups excluding carboxylic acids is 1. The molecule has 0 N–H and O–H groups in total. The average molecular weight is 367 g/mol. The SMILES string of the molecule is COC(=O)C1C=NCCN1S(=O)(=O)c1ccc2cc(Cl)ccc2c1. The van der Waals surface area contributed by atoms with Crippen LogP contribution in [0.15, 0.2) is 46.3 Å². The zero-order valence-corrected chi connectivity index (χ0v) is 14.4. The van der Waals surface area contributed by atoms with E-state index in [-0.39, 0.29) is 11.4 Å². The summed E-state index contributed by atoms with van der Waals surface area (Å²) in [4.78, 5) is 16.0. The predicted octanol–water partition coefficient (Wildman–Crippen LogP) is 2.11. The Morgan fingerprint density at radius 1 is 1.25 bits per heavy atom. The van der Waals surface area contributed by atoms with Gasteiger partial charge in [-0.25, -0.2) is 13.2 Å². The molecular weight excluding hydrogens is 352 g/mol. The lowest BCUT2D eigenvalue weighted by Crippen LogP contribution is -2.49. The van der Waals surface area contributed by atoms with E-state index in [1.807, 2.05) is 0 Å². The van der Waals surface area contributed by atoms with Gasteiger partial charge in [-0.15, -0.1) is 0 Å². The molecule has 0 aliphatic carbocycles. The molecular formula is C16H15ClN2O4S. The maximum Gasteiger partial charge on any atom is 0.329 e. The molecule has 0 saturated heterocycles. The van der Waals surface area contributed by atoms with E-state index in [9.17, 15) is 13.2 Å². The van der Waals surface area contributed by atoms with Crippen molar-refractivity contribution in [2.75, 3.05) is 20.2 Å². The van der Waals surface area contributed by atoms with Crippen molar-refractivity contribution in [1.29, 1.82) is 0 Å². The van der Waals surface area contributed by atoms with Gasteiger partial charge in [0.1, 0.15) is 0 Å². The number of sulfonamides is 1. The van der Waals surface area contributed by atoms with E-state index in [0.717, 1.165) is 15.1 Å². The number of ether oxygens (including phenoxy) is 1. The van der Waals surface area contributed by atoms with E-state index in [0.29, 0.717) is 11.6 Å². The highest BCUT2D eigenvalue weighted by molar-refractivity contribution is 7.89. The fraction of sp³-hybridized carbons (Fsp3) is 0.250. The van der Waals surface area contributed by atoms with Crippen LogP contribution in [0.25, 0.3) is 10.8 Å². The van der Waals surface area contributed by atoms with Crippen molar-refractivity contribution in [3.8, 4) is 0 Å². The van der Waals surface area contributed by atoms with Crippen LogP contribution in [0.3, 0.4) is 0 Å². The summed E-state index contributed by atoms with van der Waals surface area (Å²) in [5, 5.41) is 2.17. The molecule has 2 aromatic rings. The van der Waals surface area contributed by atoms with Gasteiger partial charge in [-0.2, -0.15) is 4.31 Å². The molecule has 0 amide bonds. The molecule has 1 unspecified atom stereocenters. The van der Waals surface area contributed by atoms with Crippen LogP contribution in [0.4, 0.5) is 0 Å². The standard InChI is InChI=1S/C16H15ClN2O4S/c1-23-16(20)15-10-18-6-7-19(15)24(21,22)14-5-3-11-8-13(17)4-2-12(11)9-14/h2-5,8-10,15H,6-7H2,1H3. The largest absolute Gasteiger partial charge is 0.468 e. The number of benzene rings is 2. The first-order valence-corrected chi connectivity index (χ1v) is 9.04. The number of methoxy groups -OCH3 is 1. The Hall–Kier alpha value is -1.96. The lowest BCUT2D eigenvalue weighted by atomic mass is 10.1. The number of esters is 1. The van der Waals surface area contributed by atoms with Crippen LogP contribution in [0.1, 0.15) is 0 Å². The molecule has 2 aromatic carbocycles. The fourth-order valence-corrected chi connectivity index (χ4v) is 4.33. The summed E-state index contributed by atoms with van der Waals surface area (Å²) < 4.78 is 31.7. The van der Waals surface area contributed by atoms with Crippen molar-refractivity contribution < 1.29 is 17.9 Å². The number of carbonyl (C=O) groups is 1. The van der Waals surface area contributed by atoms with E-state index in [1.54, 1.807) is 30.3 Å². The highest BCUT2D eigenvalue weighted by Crippen LogP contribution is 2.26. The zero-order chi connectivity index (χ0) is 17.3. The zero-order valence-electron chi connectivity index (χ0n) is 12.8. The lowest BCUT2D eigenvalue weighted by molar-refractivity contribution is -0.142. The lowest BCUT2D eigenvalue weighted by Gasteiger charge is -2.28. The van der Waals surface area contributed by atoms with Crippen molar-refractivity contribution in [3.63, 3.8) is 0 Å². The molecule has 0 aromatic heterocycles. The Morgan fingerprint density at radius 3 is 2.71 bits per heavy atom. The first-order valence-electron chi connectivity index (χ1n) is 7.22. The van der Waals surface area contributed by atoms with E-state index in [4.69, 9.17) is 11.6 Å². The molecule has 1 aliphatic rings. The van der Waals surface area contributed by atoms with Crippen molar-refractivity contribution in [1.82, 2.24) is 4.31 Å². The van der Waals surface area contributed by atoms with Gasteiger partial charge < -0.3 is 4.74 Å². The monoisotopic (exact) mass is 366 g/mol. The molecule has 0 saturated carbocycles. The highest BCUT2D eigenvalue weighted by atomic mass is 35.5. The minimum absolute atomic E-state index is 0.113. The summed E-state index contributed by atoms with van der Waals surface area (Å²) in [5.74, 6) is -0.658. The summed E-state index contributed by atoms with van der Waals surface area (Å²) in [6, 6.07) is 8.94. The van der Waals surface area contributed by atoms with E-state index in [2.05, 4.69) is 9.73 Å². The smallest absolute Gasteiger partial charge is 0.329 e. The number of hydrogen-bond acceptors (Lipinski definition) is 5. The Morgan fingerprint density at radius 2 is 1.96 bits per heavy atom. The first-order chi connectivity index (χ1) is 11.4. The van der Waals surface area contributed by atoms with Crippen LogP contribution in [-0.4, -0.2) is 51.1 Å². The van der Waals surface area contributed by atoms with Crippen LogP contribution in [0, 0.1) is 0 Å². The Labute approximate surface area is 144 Å². The molecule has 1 aliphatic heterocycles. The number of halogens is 1. The van der Waals surface area contributed by atoms with Crippen molar-refractivity contribution >= 4 is 44.6 Å². The van der Waals surface area contributed by atoms with Crippen molar-refractivity contribution in [3.05, 3.63) is 41.4 Å². The molecule has 3 rings (SSSR count). The van der Waals surface area contributed by atoms with Crippen LogP contribution < -0.4 is 0 Å². The minimum Gasteiger partial charge on any atom is -0.468 e. The highest BCUT2D eigenvalue weighted by Gasteiger charge is 2.37. The van der Waals surface area contributed by atoms with E-state index in [1.165, 1.54) is 19.4 Å². The summed E-state index contributed by atoms with van der Waals surface area (Å²) in [7, 11) is -2.64. The topological polar surface area (TPSA) is 76.0 Å². The van der Waals surface area contributed by atoms with Gasteiger partial charge in [0, 0.05) is 17.8 Å². The molecule has 1 atom stereocenters. The number of nitrogens with zero attached hydrogens (tertiary/aromatic N) is 2. The first kappa shape index (κ1) is 16.9. The van der Waals surface area contributed by atoms with E-state index >= 15 is 0 Å². The van der Waals surface area contributed by atoms with E-state index < -0.39 is 22.0 Å². The third-order valence-corrected chi connectivity index (χ3v) is 5.94. The summed E-state index contributed by atoms with van der Waals surface area (Å²) in [6.07, 6.45) is 1.31. The molecule has 8 heteroatoms. The van der Waals surface area contributed by atoms with Gasteiger partial charge in [-0.05, 0) is 35.0 Å². The molecule has 0 fully saturated rings. The second-order valence-corrected chi connectivity index (χ2v) is 7.62. The summed E-state index contributed by atoms with van der Waals surface area (Å²) in [5.41, 5.74) is 0. The molecule has 24 heavy (non-hydrogen) atoms. The van der Waals surface area contributed by atoms with Crippen molar-refractivity contribution in [2.24, 2.45) is 4.99 Å². The average Bonchev–Trinajstić information content (AvgIpc) is 2.60. The van der Waals surface area contributed by atoms with Crippen LogP contribution >= 0.6 is 11.6 Å². The third-order valence-electron chi connectivity index (χ3n) is 3.83. The van der Waals surface area contributed by atoms with Gasteiger partial charge in [0.25, 0.3) is 0 Å². The van der Waals surface area contributed by atoms with Crippen LogP contribution in [0.5, 0.6) is 0 Å². The molecule has 6 nitrogen and oxygen atoms in total. The quantitative estimate of drug-likeness (QED) is 0.779. The second kappa shape index (κ2) is 6.51. The number of rotatable bonds is 3. The molecule has 0 spiro atoms. The van der Waals surface area contributed by atoms with Gasteiger partial charge in [0.15, 0.2) is 6.04 Å². The third kappa shape index (κ3) is 3.02. The maximum absolute atomic E-state index is 13.0. The fourth-order valence-electron chi connectivity index (χ4n) is 2.60. The maximum atomic E-state index is 13.0. The van der Waals surface area contributed by atoms with Crippen molar-refractivity contribution in [2.45, 2.75) is 10.9 Å². The molecule has 126 valence electrons. The summed E-state index contributed by atoms with van der Waals surface area (Å²) >= 11 is 5.95. The molecule has 0 radical (unpaired) electrons. The minimum atomic E-state index is -3.86. The second-order valence-electron chi connectivity index (χ2n) is 5.29. The number of fused-ring (bicyclic) bond motifs is 1. The summed E-state index contributed by atoms with van der Waals surface area (Å²) in [6.45, 7) is 0.424. The van der Waals surface area contributed by atoms with Gasteiger partial charge >= 0.3 is 5.97 Å². The number of aliphatic imine (C=N–C) groups is 1. The van der Waals surface area contributed by atoms with Crippen LogP contribution in [-0.2, 0) is 19.6 Å². The normalized spacial score (nSPS) is 18.7. The Bertz CT molecular complexity index is 927. The number of hydrogen-bond donors (Lipinski definition) is 0. The molecule has 1 heterocycles.